The van der Waals surface area contributed by atoms with Crippen molar-refractivity contribution in [3.8, 4) is 0 Å². The van der Waals surface area contributed by atoms with Gasteiger partial charge < -0.3 is 4.90 Å². The van der Waals surface area contributed by atoms with Crippen LogP contribution in [-0.4, -0.2) is 38.5 Å². The number of para-hydroxylation sites is 1. The van der Waals surface area contributed by atoms with Crippen LogP contribution in [-0.2, 0) is 14.8 Å². The van der Waals surface area contributed by atoms with E-state index in [1.54, 1.807) is 61.6 Å². The topological polar surface area (TPSA) is 70.1 Å². The average molecular weight is 466 g/mol. The third-order valence-corrected chi connectivity index (χ3v) is 6.39. The van der Waals surface area contributed by atoms with Gasteiger partial charge in [-0.15, -0.1) is 4.40 Å². The van der Waals surface area contributed by atoms with E-state index < -0.39 is 10.0 Å². The normalized spacial score (nSPS) is 17.7. The number of benzene rings is 2. The Bertz CT molecular complexity index is 1020. The summed E-state index contributed by atoms with van der Waals surface area (Å²) in [5, 5.41) is 0.0993. The predicted molar refractivity (Wildman–Crippen MR) is 112 cm³/mol. The van der Waals surface area contributed by atoms with Gasteiger partial charge in [0, 0.05) is 24.8 Å². The van der Waals surface area contributed by atoms with Crippen LogP contribution in [0.25, 0.3) is 0 Å². The molecule has 0 spiro atoms. The number of carbonyl (C=O) groups is 1. The molecule has 27 heavy (non-hydrogen) atoms. The number of thioether (sulfide) groups is 1. The summed E-state index contributed by atoms with van der Waals surface area (Å²) in [6.45, 7) is 0. The van der Waals surface area contributed by atoms with Crippen LogP contribution in [0.15, 0.2) is 79.5 Å². The maximum atomic E-state index is 12.8. The minimum Gasteiger partial charge on any atom is -0.382 e. The van der Waals surface area contributed by atoms with Gasteiger partial charge in [0.05, 0.1) is 15.5 Å². The van der Waals surface area contributed by atoms with E-state index in [1.807, 2.05) is 6.07 Å². The number of nitrogens with zero attached hydrogens (tertiary/aromatic N) is 3. The summed E-state index contributed by atoms with van der Waals surface area (Å²) >= 11 is 4.31. The van der Waals surface area contributed by atoms with Crippen LogP contribution in [0.2, 0.25) is 0 Å². The van der Waals surface area contributed by atoms with Crippen LogP contribution in [0.1, 0.15) is 0 Å². The second kappa shape index (κ2) is 7.87. The highest BCUT2D eigenvalue weighted by Crippen LogP contribution is 2.35. The van der Waals surface area contributed by atoms with E-state index in [0.717, 1.165) is 16.2 Å². The summed E-state index contributed by atoms with van der Waals surface area (Å²) in [5.41, 5.74) is 0.557. The summed E-state index contributed by atoms with van der Waals surface area (Å²) in [6, 6.07) is 15.0. The Morgan fingerprint density at radius 1 is 1.07 bits per heavy atom. The fourth-order valence-electron chi connectivity index (χ4n) is 2.33. The molecule has 1 fully saturated rings. The molecule has 2 aromatic carbocycles. The third-order valence-electron chi connectivity index (χ3n) is 3.51. The molecule has 140 valence electrons. The van der Waals surface area contributed by atoms with E-state index >= 15 is 0 Å². The molecular weight excluding hydrogens is 450 g/mol. The van der Waals surface area contributed by atoms with Gasteiger partial charge in [-0.3, -0.25) is 9.69 Å². The van der Waals surface area contributed by atoms with Crippen LogP contribution in [0.3, 0.4) is 0 Å². The van der Waals surface area contributed by atoms with Crippen molar-refractivity contribution in [2.75, 3.05) is 19.0 Å². The maximum absolute atomic E-state index is 12.8. The highest BCUT2D eigenvalue weighted by atomic mass is 79.9. The van der Waals surface area contributed by atoms with Gasteiger partial charge in [-0.1, -0.05) is 34.1 Å². The fourth-order valence-corrected chi connectivity index (χ4v) is 4.83. The molecule has 0 bridgehead atoms. The number of sulfonamides is 1. The minimum atomic E-state index is -3.97. The van der Waals surface area contributed by atoms with Crippen LogP contribution in [0.5, 0.6) is 0 Å². The lowest BCUT2D eigenvalue weighted by Gasteiger charge is -2.15. The Hall–Kier alpha value is -2.10. The van der Waals surface area contributed by atoms with Crippen molar-refractivity contribution < 1.29 is 13.2 Å². The zero-order valence-corrected chi connectivity index (χ0v) is 17.8. The first kappa shape index (κ1) is 19.7. The van der Waals surface area contributed by atoms with Crippen LogP contribution in [0.4, 0.5) is 5.69 Å². The molecule has 1 amide bonds. The lowest BCUT2D eigenvalue weighted by atomic mass is 10.3. The molecule has 0 radical (unpaired) electrons. The first-order chi connectivity index (χ1) is 12.8. The Labute approximate surface area is 170 Å². The number of rotatable bonds is 4. The highest BCUT2D eigenvalue weighted by Gasteiger charge is 2.36. The first-order valence-corrected chi connectivity index (χ1v) is 10.9. The fraction of sp³-hybridized carbons (Fsp3) is 0.111. The zero-order chi connectivity index (χ0) is 19.6. The monoisotopic (exact) mass is 465 g/mol. The third kappa shape index (κ3) is 4.42. The molecule has 1 aliphatic heterocycles. The number of hydrogen-bond donors (Lipinski definition) is 0. The molecule has 1 aliphatic rings. The van der Waals surface area contributed by atoms with Gasteiger partial charge >= 0.3 is 0 Å². The Morgan fingerprint density at radius 2 is 1.70 bits per heavy atom. The summed E-state index contributed by atoms with van der Waals surface area (Å²) in [5.74, 6) is -0.315. The number of anilines is 1. The van der Waals surface area contributed by atoms with Gasteiger partial charge in [-0.2, -0.15) is 8.42 Å². The molecule has 9 heteroatoms. The molecule has 1 heterocycles. The molecule has 0 atom stereocenters. The maximum Gasteiger partial charge on any atom is 0.284 e. The largest absolute Gasteiger partial charge is 0.382 e. The molecule has 1 saturated heterocycles. The molecule has 2 aromatic rings. The van der Waals surface area contributed by atoms with Crippen molar-refractivity contribution in [1.82, 2.24) is 4.90 Å². The predicted octanol–water partition coefficient (Wildman–Crippen LogP) is 3.68. The first-order valence-electron chi connectivity index (χ1n) is 7.84. The van der Waals surface area contributed by atoms with Gasteiger partial charge in [0.25, 0.3) is 15.9 Å². The van der Waals surface area contributed by atoms with Gasteiger partial charge in [-0.25, -0.2) is 0 Å². The SMILES string of the molecule is CN(C)C=C1SC(=NS(=O)(=O)c2ccc(Br)cc2)N(c2ccccc2)C1=O. The smallest absolute Gasteiger partial charge is 0.284 e. The molecule has 0 aliphatic carbocycles. The van der Waals surface area contributed by atoms with Crippen molar-refractivity contribution >= 4 is 54.5 Å². The van der Waals surface area contributed by atoms with Gasteiger partial charge in [0.15, 0.2) is 5.17 Å². The lowest BCUT2D eigenvalue weighted by Crippen LogP contribution is -2.29. The van der Waals surface area contributed by atoms with Crippen molar-refractivity contribution in [3.63, 3.8) is 0 Å². The van der Waals surface area contributed by atoms with Crippen molar-refractivity contribution in [2.24, 2.45) is 4.40 Å². The molecule has 0 saturated carbocycles. The Kier molecular flexibility index (Phi) is 5.73. The zero-order valence-electron chi connectivity index (χ0n) is 14.5. The van der Waals surface area contributed by atoms with E-state index in [-0.39, 0.29) is 16.0 Å². The quantitative estimate of drug-likeness (QED) is 0.644. The summed E-state index contributed by atoms with van der Waals surface area (Å²) in [7, 11) is -0.379. The highest BCUT2D eigenvalue weighted by molar-refractivity contribution is 9.10. The molecule has 0 unspecified atom stereocenters. The number of carbonyl (C=O) groups excluding carboxylic acids is 1. The summed E-state index contributed by atoms with van der Waals surface area (Å²) < 4.78 is 30.2. The van der Waals surface area contributed by atoms with E-state index in [4.69, 9.17) is 0 Å². The standard InChI is InChI=1S/C18H16BrN3O3S2/c1-21(2)12-16-17(23)22(14-6-4-3-5-7-14)18(26-16)20-27(24,25)15-10-8-13(19)9-11-15/h3-12H,1-2H3. The molecular formula is C18H16BrN3O3S2. The van der Waals surface area contributed by atoms with Crippen LogP contribution < -0.4 is 4.90 Å². The number of amides is 1. The summed E-state index contributed by atoms with van der Waals surface area (Å²) in [6.07, 6.45) is 1.65. The van der Waals surface area contributed by atoms with Crippen molar-refractivity contribution in [3.05, 3.63) is 70.2 Å². The number of halogens is 1. The van der Waals surface area contributed by atoms with Gasteiger partial charge in [0.2, 0.25) is 0 Å². The van der Waals surface area contributed by atoms with Crippen LogP contribution in [0, 0.1) is 0 Å². The van der Waals surface area contributed by atoms with E-state index in [2.05, 4.69) is 20.3 Å². The molecule has 0 N–H and O–H groups in total. The van der Waals surface area contributed by atoms with Crippen molar-refractivity contribution in [1.29, 1.82) is 0 Å². The average Bonchev–Trinajstić information content (AvgIpc) is 2.90. The number of amidine groups is 1. The minimum absolute atomic E-state index is 0.0595. The Balaban J connectivity index is 2.08. The second-order valence-electron chi connectivity index (χ2n) is 5.84. The molecule has 0 aromatic heterocycles. The van der Waals surface area contributed by atoms with E-state index in [9.17, 15) is 13.2 Å². The molecule has 6 nitrogen and oxygen atoms in total. The number of hydrogen-bond acceptors (Lipinski definition) is 5. The van der Waals surface area contributed by atoms with Gasteiger partial charge in [0.1, 0.15) is 0 Å². The van der Waals surface area contributed by atoms with Crippen molar-refractivity contribution in [2.45, 2.75) is 4.90 Å². The van der Waals surface area contributed by atoms with Gasteiger partial charge in [-0.05, 0) is 48.2 Å². The van der Waals surface area contributed by atoms with E-state index in [1.165, 1.54) is 17.0 Å². The summed E-state index contributed by atoms with van der Waals surface area (Å²) in [4.78, 5) is 16.4. The second-order valence-corrected chi connectivity index (χ2v) is 9.37. The Morgan fingerprint density at radius 3 is 2.30 bits per heavy atom. The van der Waals surface area contributed by atoms with Crippen LogP contribution >= 0.6 is 27.7 Å². The molecule has 3 rings (SSSR count). The van der Waals surface area contributed by atoms with E-state index in [0.29, 0.717) is 10.6 Å². The lowest BCUT2D eigenvalue weighted by molar-refractivity contribution is -0.113.